The van der Waals surface area contributed by atoms with Gasteiger partial charge < -0.3 is 5.11 Å². The Labute approximate surface area is 121 Å². The van der Waals surface area contributed by atoms with E-state index in [4.69, 9.17) is 5.11 Å². The summed E-state index contributed by atoms with van der Waals surface area (Å²) in [6.07, 6.45) is 4.37. The molecule has 1 aliphatic carbocycles. The molecule has 19 heavy (non-hydrogen) atoms. The predicted octanol–water partition coefficient (Wildman–Crippen LogP) is 4.46. The highest BCUT2D eigenvalue weighted by Crippen LogP contribution is 2.36. The first-order chi connectivity index (χ1) is 9.08. The van der Waals surface area contributed by atoms with Crippen LogP contribution in [-0.4, -0.2) is 17.2 Å². The summed E-state index contributed by atoms with van der Waals surface area (Å²) in [5, 5.41) is 8.58. The highest BCUT2D eigenvalue weighted by Gasteiger charge is 2.20. The summed E-state index contributed by atoms with van der Waals surface area (Å²) < 4.78 is 14.2. The second-order valence-corrected chi connectivity index (χ2v) is 6.06. The van der Waals surface area contributed by atoms with Gasteiger partial charge in [0.05, 0.1) is 0 Å². The molecular weight excluding hydrogens is 311 g/mol. The Hall–Kier alpha value is -0.900. The van der Waals surface area contributed by atoms with Gasteiger partial charge in [-0.3, -0.25) is 0 Å². The quantitative estimate of drug-likeness (QED) is 0.885. The first-order valence-electron chi connectivity index (χ1n) is 6.73. The van der Waals surface area contributed by atoms with Crippen LogP contribution in [0, 0.1) is 0 Å². The molecule has 2 rings (SSSR count). The highest BCUT2D eigenvalue weighted by atomic mass is 79.9. The largest absolute Gasteiger partial charge is 0.479 e. The molecule has 1 aromatic rings. The van der Waals surface area contributed by atoms with Gasteiger partial charge in [-0.2, -0.15) is 0 Å². The number of alkyl halides is 1. The molecule has 0 spiro atoms. The van der Waals surface area contributed by atoms with E-state index in [1.165, 1.54) is 37.7 Å². The van der Waals surface area contributed by atoms with Crippen LogP contribution in [0.5, 0.6) is 0 Å². The number of benzene rings is 1. The average Bonchev–Trinajstić information content (AvgIpc) is 2.39. The normalized spacial score (nSPS) is 18.2. The minimum Gasteiger partial charge on any atom is -0.479 e. The van der Waals surface area contributed by atoms with Gasteiger partial charge >= 0.3 is 5.97 Å². The lowest BCUT2D eigenvalue weighted by Gasteiger charge is -2.23. The number of halogens is 2. The van der Waals surface area contributed by atoms with Crippen LogP contribution in [0.15, 0.2) is 22.7 Å². The van der Waals surface area contributed by atoms with Gasteiger partial charge in [0.1, 0.15) is 0 Å². The highest BCUT2D eigenvalue weighted by molar-refractivity contribution is 9.10. The molecule has 0 radical (unpaired) electrons. The Kier molecular flexibility index (Phi) is 4.97. The van der Waals surface area contributed by atoms with Gasteiger partial charge in [0.25, 0.3) is 0 Å². The lowest BCUT2D eigenvalue weighted by atomic mass is 9.84. The molecule has 2 nitrogen and oxygen atoms in total. The molecule has 0 saturated heterocycles. The molecule has 0 aliphatic heterocycles. The van der Waals surface area contributed by atoms with Crippen molar-refractivity contribution in [2.75, 3.05) is 0 Å². The van der Waals surface area contributed by atoms with Crippen molar-refractivity contribution in [3.63, 3.8) is 0 Å². The van der Waals surface area contributed by atoms with Gasteiger partial charge in [0.15, 0.2) is 0 Å². The van der Waals surface area contributed by atoms with Gasteiger partial charge in [0, 0.05) is 10.9 Å². The zero-order chi connectivity index (χ0) is 13.8. The maximum atomic E-state index is 13.2. The van der Waals surface area contributed by atoms with E-state index in [9.17, 15) is 9.18 Å². The fourth-order valence-corrected chi connectivity index (χ4v) is 3.49. The molecule has 104 valence electrons. The number of carbonyl (C=O) groups is 1. The van der Waals surface area contributed by atoms with Crippen LogP contribution in [0.4, 0.5) is 4.39 Å². The number of hydrogen-bond donors (Lipinski definition) is 1. The molecule has 4 heteroatoms. The molecular formula is C15H18BrFO2. The average molecular weight is 329 g/mol. The summed E-state index contributed by atoms with van der Waals surface area (Å²) >= 11 is 3.54. The fraction of sp³-hybridized carbons (Fsp3) is 0.533. The van der Waals surface area contributed by atoms with Crippen molar-refractivity contribution in [1.29, 1.82) is 0 Å². The van der Waals surface area contributed by atoms with Gasteiger partial charge in [-0.1, -0.05) is 47.3 Å². The van der Waals surface area contributed by atoms with E-state index in [1.54, 1.807) is 0 Å². The number of carboxylic acids is 1. The smallest absolute Gasteiger partial charge is 0.338 e. The number of hydrogen-bond acceptors (Lipinski definition) is 1. The molecule has 0 amide bonds. The topological polar surface area (TPSA) is 37.3 Å². The number of aliphatic carboxylic acids is 1. The van der Waals surface area contributed by atoms with Crippen molar-refractivity contribution in [2.45, 2.75) is 50.6 Å². The van der Waals surface area contributed by atoms with Crippen LogP contribution in [0.2, 0.25) is 0 Å². The third kappa shape index (κ3) is 3.78. The number of rotatable bonds is 4. The monoisotopic (exact) mass is 328 g/mol. The van der Waals surface area contributed by atoms with E-state index in [0.29, 0.717) is 5.92 Å². The van der Waals surface area contributed by atoms with Crippen molar-refractivity contribution in [3.05, 3.63) is 33.8 Å². The van der Waals surface area contributed by atoms with Crippen molar-refractivity contribution in [1.82, 2.24) is 0 Å². The van der Waals surface area contributed by atoms with E-state index in [0.717, 1.165) is 10.0 Å². The van der Waals surface area contributed by atoms with E-state index >= 15 is 0 Å². The minimum absolute atomic E-state index is 0.0706. The van der Waals surface area contributed by atoms with Crippen molar-refractivity contribution >= 4 is 21.9 Å². The molecule has 1 saturated carbocycles. The Morgan fingerprint density at radius 1 is 1.37 bits per heavy atom. The first kappa shape index (κ1) is 14.5. The lowest BCUT2D eigenvalue weighted by Crippen LogP contribution is -2.17. The summed E-state index contributed by atoms with van der Waals surface area (Å²) in [7, 11) is 0. The Balaban J connectivity index is 2.10. The molecule has 1 N–H and O–H groups in total. The fourth-order valence-electron chi connectivity index (χ4n) is 2.74. The van der Waals surface area contributed by atoms with Gasteiger partial charge in [-0.15, -0.1) is 0 Å². The molecule has 1 atom stereocenters. The van der Waals surface area contributed by atoms with E-state index in [2.05, 4.69) is 15.9 Å². The molecule has 0 heterocycles. The van der Waals surface area contributed by atoms with Crippen molar-refractivity contribution in [3.8, 4) is 0 Å². The van der Waals surface area contributed by atoms with Crippen LogP contribution in [0.3, 0.4) is 0 Å². The Bertz CT molecular complexity index is 455. The zero-order valence-corrected chi connectivity index (χ0v) is 12.3. The van der Waals surface area contributed by atoms with Gasteiger partial charge in [-0.25, -0.2) is 9.18 Å². The van der Waals surface area contributed by atoms with E-state index in [1.807, 2.05) is 18.2 Å². The van der Waals surface area contributed by atoms with Crippen molar-refractivity contribution in [2.24, 2.45) is 0 Å². The first-order valence-corrected chi connectivity index (χ1v) is 7.52. The standard InChI is InChI=1S/C15H18BrFO2/c16-13-8-10(9-14(17)15(18)19)6-7-12(13)11-4-2-1-3-5-11/h6-8,11,14H,1-5,9H2,(H,18,19). The summed E-state index contributed by atoms with van der Waals surface area (Å²) in [5.74, 6) is -0.815. The SMILES string of the molecule is O=C(O)C(F)Cc1ccc(C2CCCCC2)c(Br)c1. The van der Waals surface area contributed by atoms with E-state index < -0.39 is 12.1 Å². The maximum Gasteiger partial charge on any atom is 0.338 e. The van der Waals surface area contributed by atoms with Crippen LogP contribution in [0.25, 0.3) is 0 Å². The summed E-state index contributed by atoms with van der Waals surface area (Å²) in [5.41, 5.74) is 2.00. The minimum atomic E-state index is -1.83. The summed E-state index contributed by atoms with van der Waals surface area (Å²) in [6.45, 7) is 0. The molecule has 0 aromatic heterocycles. The molecule has 1 unspecified atom stereocenters. The van der Waals surface area contributed by atoms with Crippen molar-refractivity contribution < 1.29 is 14.3 Å². The number of carboxylic acid groups (broad SMARTS) is 1. The Morgan fingerprint density at radius 3 is 2.63 bits per heavy atom. The third-order valence-electron chi connectivity index (χ3n) is 3.79. The van der Waals surface area contributed by atoms with Crippen LogP contribution in [0.1, 0.15) is 49.1 Å². The van der Waals surface area contributed by atoms with Gasteiger partial charge in [-0.05, 0) is 36.0 Å². The molecule has 1 aromatic carbocycles. The van der Waals surface area contributed by atoms with Crippen LogP contribution in [-0.2, 0) is 11.2 Å². The summed E-state index contributed by atoms with van der Waals surface area (Å²) in [6, 6.07) is 5.73. The zero-order valence-electron chi connectivity index (χ0n) is 10.7. The molecule has 1 fully saturated rings. The second-order valence-electron chi connectivity index (χ2n) is 5.20. The van der Waals surface area contributed by atoms with Crippen LogP contribution < -0.4 is 0 Å². The Morgan fingerprint density at radius 2 is 2.05 bits per heavy atom. The predicted molar refractivity (Wildman–Crippen MR) is 76.2 cm³/mol. The molecule has 1 aliphatic rings. The van der Waals surface area contributed by atoms with Crippen LogP contribution >= 0.6 is 15.9 Å². The third-order valence-corrected chi connectivity index (χ3v) is 4.48. The molecule has 0 bridgehead atoms. The lowest BCUT2D eigenvalue weighted by molar-refractivity contribution is -0.142. The summed E-state index contributed by atoms with van der Waals surface area (Å²) in [4.78, 5) is 10.5. The van der Waals surface area contributed by atoms with Gasteiger partial charge in [0.2, 0.25) is 6.17 Å². The maximum absolute atomic E-state index is 13.2. The van der Waals surface area contributed by atoms with E-state index in [-0.39, 0.29) is 6.42 Å². The second kappa shape index (κ2) is 6.51.